The van der Waals surface area contributed by atoms with E-state index in [4.69, 9.17) is 4.74 Å². The lowest BCUT2D eigenvalue weighted by Gasteiger charge is -2.24. The van der Waals surface area contributed by atoms with Crippen molar-refractivity contribution in [2.45, 2.75) is 45.8 Å². The summed E-state index contributed by atoms with van der Waals surface area (Å²) in [4.78, 5) is 12.2. The quantitative estimate of drug-likeness (QED) is 0.812. The molecular formula is C14H23NO3. The van der Waals surface area contributed by atoms with Crippen LogP contribution in [0.5, 0.6) is 0 Å². The van der Waals surface area contributed by atoms with Gasteiger partial charge in [-0.2, -0.15) is 0 Å². The van der Waals surface area contributed by atoms with Crippen LogP contribution in [0.1, 0.15) is 38.4 Å². The Hall–Kier alpha value is -1.13. The molecule has 1 aromatic heterocycles. The first kappa shape index (κ1) is 14.9. The molecule has 4 heteroatoms. The number of hydrogen-bond donors (Lipinski definition) is 1. The highest BCUT2D eigenvalue weighted by atomic mass is 16.5. The van der Waals surface area contributed by atoms with Crippen molar-refractivity contribution < 1.29 is 9.84 Å². The van der Waals surface area contributed by atoms with Crippen LogP contribution in [-0.2, 0) is 23.3 Å². The van der Waals surface area contributed by atoms with Gasteiger partial charge >= 0.3 is 0 Å². The third-order valence-corrected chi connectivity index (χ3v) is 2.92. The first-order valence-electron chi connectivity index (χ1n) is 6.24. The van der Waals surface area contributed by atoms with Crippen LogP contribution in [-0.4, -0.2) is 23.4 Å². The second-order valence-electron chi connectivity index (χ2n) is 5.46. The predicted octanol–water partition coefficient (Wildman–Crippen LogP) is 1.67. The Morgan fingerprint density at radius 2 is 2.00 bits per heavy atom. The number of methoxy groups -OCH3 is 1. The summed E-state index contributed by atoms with van der Waals surface area (Å²) >= 11 is 0. The third-order valence-electron chi connectivity index (χ3n) is 2.92. The number of aliphatic hydroxyl groups is 1. The van der Waals surface area contributed by atoms with Crippen molar-refractivity contribution in [1.29, 1.82) is 0 Å². The van der Waals surface area contributed by atoms with E-state index in [-0.39, 0.29) is 17.6 Å². The Labute approximate surface area is 108 Å². The molecular weight excluding hydrogens is 230 g/mol. The van der Waals surface area contributed by atoms with E-state index in [1.165, 1.54) is 0 Å². The van der Waals surface area contributed by atoms with Crippen LogP contribution in [0.4, 0.5) is 0 Å². The Kier molecular flexibility index (Phi) is 5.11. The zero-order valence-corrected chi connectivity index (χ0v) is 11.7. The summed E-state index contributed by atoms with van der Waals surface area (Å²) in [7, 11) is 1.65. The maximum Gasteiger partial charge on any atom is 0.256 e. The second kappa shape index (κ2) is 6.16. The Bertz CT molecular complexity index is 443. The van der Waals surface area contributed by atoms with Gasteiger partial charge in [0.25, 0.3) is 5.56 Å². The average Bonchev–Trinajstić information content (AvgIpc) is 2.29. The smallest absolute Gasteiger partial charge is 0.256 e. The topological polar surface area (TPSA) is 51.5 Å². The average molecular weight is 253 g/mol. The number of nitrogens with zero attached hydrogens (tertiary/aromatic N) is 1. The Balaban J connectivity index is 3.19. The zero-order chi connectivity index (χ0) is 13.8. The van der Waals surface area contributed by atoms with Gasteiger partial charge in [0.15, 0.2) is 0 Å². The summed E-state index contributed by atoms with van der Waals surface area (Å²) in [5.74, 6) is 0. The summed E-state index contributed by atoms with van der Waals surface area (Å²) < 4.78 is 6.78. The molecule has 0 atom stereocenters. The Morgan fingerprint density at radius 3 is 2.50 bits per heavy atom. The SMILES string of the molecule is COCCCn1c(C(C)(C)C)ccc(CO)c1=O. The van der Waals surface area contributed by atoms with Crippen molar-refractivity contribution in [3.63, 3.8) is 0 Å². The summed E-state index contributed by atoms with van der Waals surface area (Å²) in [6, 6.07) is 3.65. The zero-order valence-electron chi connectivity index (χ0n) is 11.7. The van der Waals surface area contributed by atoms with Gasteiger partial charge in [0.1, 0.15) is 0 Å². The van der Waals surface area contributed by atoms with Gasteiger partial charge in [-0.05, 0) is 18.6 Å². The molecule has 0 fully saturated rings. The van der Waals surface area contributed by atoms with Crippen molar-refractivity contribution in [2.75, 3.05) is 13.7 Å². The monoisotopic (exact) mass is 253 g/mol. The highest BCUT2D eigenvalue weighted by Gasteiger charge is 2.19. The van der Waals surface area contributed by atoms with Crippen molar-refractivity contribution in [3.05, 3.63) is 33.7 Å². The molecule has 18 heavy (non-hydrogen) atoms. The van der Waals surface area contributed by atoms with Crippen molar-refractivity contribution in [1.82, 2.24) is 4.57 Å². The maximum atomic E-state index is 12.2. The van der Waals surface area contributed by atoms with E-state index in [9.17, 15) is 9.90 Å². The van der Waals surface area contributed by atoms with Gasteiger partial charge in [-0.3, -0.25) is 4.79 Å². The van der Waals surface area contributed by atoms with E-state index in [0.29, 0.717) is 18.7 Å². The molecule has 0 aliphatic rings. The molecule has 0 saturated carbocycles. The van der Waals surface area contributed by atoms with E-state index in [1.54, 1.807) is 17.7 Å². The number of rotatable bonds is 5. The molecule has 102 valence electrons. The number of aliphatic hydroxyl groups excluding tert-OH is 1. The molecule has 0 radical (unpaired) electrons. The molecule has 0 aliphatic carbocycles. The predicted molar refractivity (Wildman–Crippen MR) is 71.8 cm³/mol. The lowest BCUT2D eigenvalue weighted by atomic mass is 9.90. The third kappa shape index (κ3) is 3.43. The van der Waals surface area contributed by atoms with Gasteiger partial charge in [0, 0.05) is 36.9 Å². The molecule has 0 bridgehead atoms. The normalized spacial score (nSPS) is 11.8. The van der Waals surface area contributed by atoms with E-state index >= 15 is 0 Å². The van der Waals surface area contributed by atoms with Gasteiger partial charge in [-0.1, -0.05) is 20.8 Å². The minimum Gasteiger partial charge on any atom is -0.391 e. The lowest BCUT2D eigenvalue weighted by Crippen LogP contribution is -2.32. The van der Waals surface area contributed by atoms with Crippen LogP contribution >= 0.6 is 0 Å². The van der Waals surface area contributed by atoms with Gasteiger partial charge in [0.05, 0.1) is 6.61 Å². The summed E-state index contributed by atoms with van der Waals surface area (Å²) in [5.41, 5.74) is 1.24. The summed E-state index contributed by atoms with van der Waals surface area (Å²) in [6.07, 6.45) is 0.786. The molecule has 0 aliphatic heterocycles. The number of pyridine rings is 1. The summed E-state index contributed by atoms with van der Waals surface area (Å²) in [5, 5.41) is 9.17. The fourth-order valence-corrected chi connectivity index (χ4v) is 1.99. The first-order chi connectivity index (χ1) is 8.41. The van der Waals surface area contributed by atoms with Crippen LogP contribution in [0.25, 0.3) is 0 Å². The fourth-order valence-electron chi connectivity index (χ4n) is 1.99. The molecule has 1 rings (SSSR count). The molecule has 0 saturated heterocycles. The molecule has 0 amide bonds. The molecule has 1 heterocycles. The van der Waals surface area contributed by atoms with Crippen LogP contribution in [0.3, 0.4) is 0 Å². The first-order valence-corrected chi connectivity index (χ1v) is 6.24. The van der Waals surface area contributed by atoms with Crippen molar-refractivity contribution in [2.24, 2.45) is 0 Å². The van der Waals surface area contributed by atoms with Gasteiger partial charge in [-0.15, -0.1) is 0 Å². The molecule has 1 aromatic rings. The van der Waals surface area contributed by atoms with E-state index < -0.39 is 0 Å². The van der Waals surface area contributed by atoms with Gasteiger partial charge in [-0.25, -0.2) is 0 Å². The number of ether oxygens (including phenoxy) is 1. The number of aromatic nitrogens is 1. The summed E-state index contributed by atoms with van der Waals surface area (Å²) in [6.45, 7) is 7.26. The molecule has 0 aromatic carbocycles. The van der Waals surface area contributed by atoms with Crippen LogP contribution in [0.15, 0.2) is 16.9 Å². The van der Waals surface area contributed by atoms with Crippen LogP contribution in [0.2, 0.25) is 0 Å². The maximum absolute atomic E-state index is 12.2. The highest BCUT2D eigenvalue weighted by molar-refractivity contribution is 5.21. The lowest BCUT2D eigenvalue weighted by molar-refractivity contribution is 0.189. The minimum absolute atomic E-state index is 0.0963. The fraction of sp³-hybridized carbons (Fsp3) is 0.643. The minimum atomic E-state index is -0.215. The van der Waals surface area contributed by atoms with Crippen molar-refractivity contribution in [3.8, 4) is 0 Å². The van der Waals surface area contributed by atoms with Gasteiger partial charge in [0.2, 0.25) is 0 Å². The highest BCUT2D eigenvalue weighted by Crippen LogP contribution is 2.21. The second-order valence-corrected chi connectivity index (χ2v) is 5.46. The van der Waals surface area contributed by atoms with E-state index in [2.05, 4.69) is 20.8 Å². The van der Waals surface area contributed by atoms with Crippen molar-refractivity contribution >= 4 is 0 Å². The largest absolute Gasteiger partial charge is 0.391 e. The van der Waals surface area contributed by atoms with Crippen LogP contribution in [0, 0.1) is 0 Å². The molecule has 0 unspecified atom stereocenters. The molecule has 0 spiro atoms. The van der Waals surface area contributed by atoms with Gasteiger partial charge < -0.3 is 14.4 Å². The van der Waals surface area contributed by atoms with E-state index in [0.717, 1.165) is 12.1 Å². The number of hydrogen-bond acceptors (Lipinski definition) is 3. The Morgan fingerprint density at radius 1 is 1.33 bits per heavy atom. The standard InChI is InChI=1S/C14H23NO3/c1-14(2,3)12-7-6-11(10-16)13(17)15(12)8-5-9-18-4/h6-7,16H,5,8-10H2,1-4H3. The molecule has 1 N–H and O–H groups in total. The van der Waals surface area contributed by atoms with E-state index in [1.807, 2.05) is 6.07 Å². The van der Waals surface area contributed by atoms with Crippen LogP contribution < -0.4 is 5.56 Å². The molecule has 4 nitrogen and oxygen atoms in total.